The van der Waals surface area contributed by atoms with Crippen LogP contribution in [0, 0.1) is 11.5 Å². The Hall–Kier alpha value is -1.44. The van der Waals surface area contributed by atoms with Gasteiger partial charge in [-0.05, 0) is 12.8 Å². The summed E-state index contributed by atoms with van der Waals surface area (Å²) in [4.78, 5) is 15.0. The first-order valence-electron chi connectivity index (χ1n) is 5.00. The molecule has 2 rings (SSSR count). The lowest BCUT2D eigenvalue weighted by atomic mass is 10.2. The molecule has 5 nitrogen and oxygen atoms in total. The summed E-state index contributed by atoms with van der Waals surface area (Å²) < 4.78 is 0. The molecule has 2 saturated heterocycles. The highest BCUT2D eigenvalue weighted by atomic mass is 16.2. The van der Waals surface area contributed by atoms with Gasteiger partial charge in [-0.25, -0.2) is 4.79 Å². The molecule has 2 amide bonds. The number of hydrogen-bond acceptors (Lipinski definition) is 3. The number of amides is 2. The predicted octanol–water partition coefficient (Wildman–Crippen LogP) is -0.0429. The number of rotatable bonds is 1. The number of carbonyl (C=O) groups excluding carboxylic acids is 1. The van der Waals surface area contributed by atoms with Crippen molar-refractivity contribution in [2.45, 2.75) is 18.9 Å². The van der Waals surface area contributed by atoms with Crippen molar-refractivity contribution in [1.82, 2.24) is 15.1 Å². The van der Waals surface area contributed by atoms with Crippen molar-refractivity contribution in [3.05, 3.63) is 0 Å². The summed E-state index contributed by atoms with van der Waals surface area (Å²) in [5, 5.41) is 11.6. The number of nitrogens with zero attached hydrogens (tertiary/aromatic N) is 3. The molecule has 0 aromatic carbocycles. The highest BCUT2D eigenvalue weighted by Gasteiger charge is 2.26. The van der Waals surface area contributed by atoms with Gasteiger partial charge in [-0.15, -0.1) is 0 Å². The Bertz CT molecular complexity index is 268. The minimum Gasteiger partial charge on any atom is -0.333 e. The molecular weight excluding hydrogens is 180 g/mol. The molecule has 0 saturated carbocycles. The van der Waals surface area contributed by atoms with Gasteiger partial charge in [0, 0.05) is 26.2 Å². The fourth-order valence-electron chi connectivity index (χ4n) is 1.75. The first kappa shape index (κ1) is 9.13. The number of nitrogens with one attached hydrogen (secondary N) is 1. The first-order chi connectivity index (χ1) is 6.79. The average Bonchev–Trinajstić information content (AvgIpc) is 2.48. The van der Waals surface area contributed by atoms with E-state index in [1.807, 2.05) is 0 Å². The summed E-state index contributed by atoms with van der Waals surface area (Å²) in [5.41, 5.74) is 0. The van der Waals surface area contributed by atoms with Gasteiger partial charge in [0.2, 0.25) is 0 Å². The normalized spacial score (nSPS) is 25.5. The molecule has 0 aromatic heterocycles. The van der Waals surface area contributed by atoms with Gasteiger partial charge in [-0.2, -0.15) is 5.26 Å². The Morgan fingerprint density at radius 1 is 1.43 bits per heavy atom. The summed E-state index contributed by atoms with van der Waals surface area (Å²) in [5.74, 6) is 0. The summed E-state index contributed by atoms with van der Waals surface area (Å²) >= 11 is 0. The molecule has 1 unspecified atom stereocenters. The zero-order valence-electron chi connectivity index (χ0n) is 8.07. The second-order valence-corrected chi connectivity index (χ2v) is 3.82. The van der Waals surface area contributed by atoms with E-state index >= 15 is 0 Å². The molecule has 1 N–H and O–H groups in total. The molecular formula is C9H14N4O. The van der Waals surface area contributed by atoms with Crippen LogP contribution in [0.4, 0.5) is 4.79 Å². The van der Waals surface area contributed by atoms with E-state index in [0.29, 0.717) is 6.54 Å². The molecule has 2 fully saturated rings. The third-order valence-corrected chi connectivity index (χ3v) is 2.80. The van der Waals surface area contributed by atoms with Gasteiger partial charge in [0.05, 0.1) is 6.04 Å². The molecule has 0 spiro atoms. The smallest absolute Gasteiger partial charge is 0.317 e. The van der Waals surface area contributed by atoms with Gasteiger partial charge in [0.15, 0.2) is 6.19 Å². The number of hydrogen-bond donors (Lipinski definition) is 1. The van der Waals surface area contributed by atoms with Gasteiger partial charge in [-0.1, -0.05) is 0 Å². The quantitative estimate of drug-likeness (QED) is 0.596. The van der Waals surface area contributed by atoms with Gasteiger partial charge in [0.25, 0.3) is 0 Å². The highest BCUT2D eigenvalue weighted by molar-refractivity contribution is 5.75. The van der Waals surface area contributed by atoms with Gasteiger partial charge >= 0.3 is 6.03 Å². The van der Waals surface area contributed by atoms with E-state index in [9.17, 15) is 4.79 Å². The lowest BCUT2D eigenvalue weighted by molar-refractivity contribution is 0.164. The van der Waals surface area contributed by atoms with Crippen molar-refractivity contribution in [1.29, 1.82) is 5.26 Å². The molecule has 2 aliphatic rings. The Balaban J connectivity index is 1.75. The van der Waals surface area contributed by atoms with Gasteiger partial charge in [-0.3, -0.25) is 0 Å². The van der Waals surface area contributed by atoms with E-state index in [4.69, 9.17) is 5.26 Å². The number of likely N-dealkylation sites (tertiary alicyclic amines) is 2. The lowest BCUT2D eigenvalue weighted by Gasteiger charge is -2.31. The van der Waals surface area contributed by atoms with E-state index in [-0.39, 0.29) is 12.1 Å². The Labute approximate surface area is 83.3 Å². The molecule has 2 aliphatic heterocycles. The first-order valence-corrected chi connectivity index (χ1v) is 5.00. The minimum atomic E-state index is 0.0287. The van der Waals surface area contributed by atoms with Crippen molar-refractivity contribution in [3.63, 3.8) is 0 Å². The van der Waals surface area contributed by atoms with Crippen LogP contribution < -0.4 is 5.32 Å². The summed E-state index contributed by atoms with van der Waals surface area (Å²) in [6.07, 6.45) is 4.09. The monoisotopic (exact) mass is 194 g/mol. The fraction of sp³-hybridized carbons (Fsp3) is 0.778. The molecule has 76 valence electrons. The van der Waals surface area contributed by atoms with Crippen molar-refractivity contribution < 1.29 is 4.79 Å². The van der Waals surface area contributed by atoms with Crippen LogP contribution in [0.3, 0.4) is 0 Å². The molecule has 0 aromatic rings. The standard InChI is InChI=1S/C9H14N4O/c10-7-12-5-2-8(6-12)11-9(14)13-3-1-4-13/h8H,1-6H2,(H,11,14). The number of urea groups is 1. The van der Waals surface area contributed by atoms with Crippen LogP contribution >= 0.6 is 0 Å². The Morgan fingerprint density at radius 3 is 2.71 bits per heavy atom. The van der Waals surface area contributed by atoms with Crippen LogP contribution in [0.5, 0.6) is 0 Å². The maximum Gasteiger partial charge on any atom is 0.317 e. The molecule has 5 heteroatoms. The van der Waals surface area contributed by atoms with E-state index in [2.05, 4.69) is 11.5 Å². The van der Waals surface area contributed by atoms with Crippen molar-refractivity contribution in [2.24, 2.45) is 0 Å². The zero-order valence-corrected chi connectivity index (χ0v) is 8.07. The number of carbonyl (C=O) groups is 1. The second-order valence-electron chi connectivity index (χ2n) is 3.82. The third kappa shape index (κ3) is 1.74. The van der Waals surface area contributed by atoms with Crippen molar-refractivity contribution >= 4 is 6.03 Å². The van der Waals surface area contributed by atoms with E-state index in [0.717, 1.165) is 32.5 Å². The van der Waals surface area contributed by atoms with E-state index in [1.165, 1.54) is 0 Å². The highest BCUT2D eigenvalue weighted by Crippen LogP contribution is 2.10. The molecule has 2 heterocycles. The van der Waals surface area contributed by atoms with E-state index in [1.54, 1.807) is 9.80 Å². The molecule has 0 bridgehead atoms. The van der Waals surface area contributed by atoms with Crippen LogP contribution in [-0.2, 0) is 0 Å². The van der Waals surface area contributed by atoms with Gasteiger partial charge in [0.1, 0.15) is 0 Å². The fourth-order valence-corrected chi connectivity index (χ4v) is 1.75. The maximum absolute atomic E-state index is 11.5. The van der Waals surface area contributed by atoms with Crippen LogP contribution in [-0.4, -0.2) is 48.1 Å². The third-order valence-electron chi connectivity index (χ3n) is 2.80. The van der Waals surface area contributed by atoms with Gasteiger partial charge < -0.3 is 15.1 Å². The Morgan fingerprint density at radius 2 is 2.21 bits per heavy atom. The molecule has 0 aliphatic carbocycles. The maximum atomic E-state index is 11.5. The minimum absolute atomic E-state index is 0.0287. The summed E-state index contributed by atoms with van der Waals surface area (Å²) in [6, 6.07) is 0.184. The molecule has 1 atom stereocenters. The van der Waals surface area contributed by atoms with Crippen LogP contribution in [0.1, 0.15) is 12.8 Å². The summed E-state index contributed by atoms with van der Waals surface area (Å²) in [6.45, 7) is 3.18. The van der Waals surface area contributed by atoms with Crippen LogP contribution in [0.2, 0.25) is 0 Å². The predicted molar refractivity (Wildman–Crippen MR) is 50.3 cm³/mol. The topological polar surface area (TPSA) is 59.4 Å². The van der Waals surface area contributed by atoms with Crippen molar-refractivity contribution in [2.75, 3.05) is 26.2 Å². The second kappa shape index (κ2) is 3.74. The number of nitriles is 1. The molecule has 14 heavy (non-hydrogen) atoms. The van der Waals surface area contributed by atoms with Crippen LogP contribution in [0.15, 0.2) is 0 Å². The van der Waals surface area contributed by atoms with Crippen molar-refractivity contribution in [3.8, 4) is 6.19 Å². The SMILES string of the molecule is N#CN1CCC(NC(=O)N2CCC2)C1. The lowest BCUT2D eigenvalue weighted by Crippen LogP contribution is -2.51. The summed E-state index contributed by atoms with van der Waals surface area (Å²) in [7, 11) is 0. The largest absolute Gasteiger partial charge is 0.333 e. The molecule has 0 radical (unpaired) electrons. The Kier molecular flexibility index (Phi) is 2.44. The average molecular weight is 194 g/mol. The van der Waals surface area contributed by atoms with E-state index < -0.39 is 0 Å². The van der Waals surface area contributed by atoms with Crippen LogP contribution in [0.25, 0.3) is 0 Å². The zero-order chi connectivity index (χ0) is 9.97.